The van der Waals surface area contributed by atoms with Gasteiger partial charge in [-0.1, -0.05) is 29.8 Å². The second kappa shape index (κ2) is 6.73. The lowest BCUT2D eigenvalue weighted by Crippen LogP contribution is -2.52. The average Bonchev–Trinajstić information content (AvgIpc) is 2.56. The van der Waals surface area contributed by atoms with Crippen LogP contribution in [0.1, 0.15) is 20.3 Å². The van der Waals surface area contributed by atoms with Crippen molar-refractivity contribution in [3.63, 3.8) is 0 Å². The summed E-state index contributed by atoms with van der Waals surface area (Å²) in [4.78, 5) is 14.4. The number of carbonyl (C=O) groups excluding carboxylic acids is 1. The van der Waals surface area contributed by atoms with E-state index in [-0.39, 0.29) is 5.91 Å². The van der Waals surface area contributed by atoms with Gasteiger partial charge in [-0.15, -0.1) is 0 Å². The van der Waals surface area contributed by atoms with Crippen LogP contribution >= 0.6 is 11.6 Å². The van der Waals surface area contributed by atoms with Crippen molar-refractivity contribution >= 4 is 23.2 Å². The van der Waals surface area contributed by atoms with Gasteiger partial charge in [-0.05, 0) is 50.6 Å². The maximum absolute atomic E-state index is 12.7. The van der Waals surface area contributed by atoms with Crippen molar-refractivity contribution in [3.05, 3.63) is 53.6 Å². The molecule has 0 bridgehead atoms. The third kappa shape index (κ3) is 3.49. The average molecular weight is 346 g/mol. The maximum Gasteiger partial charge on any atom is 0.270 e. The minimum absolute atomic E-state index is 0.0722. The predicted molar refractivity (Wildman–Crippen MR) is 95.1 cm³/mol. The van der Waals surface area contributed by atoms with Crippen LogP contribution in [0.2, 0.25) is 5.02 Å². The van der Waals surface area contributed by atoms with Gasteiger partial charge in [0.05, 0.1) is 12.3 Å². The molecule has 0 saturated heterocycles. The molecule has 0 aromatic heterocycles. The quantitative estimate of drug-likeness (QED) is 0.758. The number of hydrogen-bond donors (Lipinski definition) is 0. The zero-order valence-corrected chi connectivity index (χ0v) is 14.5. The van der Waals surface area contributed by atoms with E-state index in [0.717, 1.165) is 5.75 Å². The lowest BCUT2D eigenvalue weighted by atomic mass is 10.0. The van der Waals surface area contributed by atoms with Crippen molar-refractivity contribution in [2.45, 2.75) is 25.9 Å². The number of rotatable bonds is 5. The summed E-state index contributed by atoms with van der Waals surface area (Å²) in [5.41, 5.74) is -0.173. The Morgan fingerprint density at radius 2 is 1.92 bits per heavy atom. The molecule has 0 radical (unpaired) electrons. The van der Waals surface area contributed by atoms with E-state index in [0.29, 0.717) is 36.0 Å². The topological polar surface area (TPSA) is 38.8 Å². The molecule has 0 atom stereocenters. The van der Waals surface area contributed by atoms with Crippen LogP contribution < -0.4 is 14.4 Å². The van der Waals surface area contributed by atoms with Crippen molar-refractivity contribution in [2.24, 2.45) is 0 Å². The largest absolute Gasteiger partial charge is 0.494 e. The second-order valence-corrected chi connectivity index (χ2v) is 6.63. The Morgan fingerprint density at radius 3 is 2.67 bits per heavy atom. The van der Waals surface area contributed by atoms with Crippen molar-refractivity contribution in [1.29, 1.82) is 0 Å². The number of anilines is 1. The molecule has 24 heavy (non-hydrogen) atoms. The van der Waals surface area contributed by atoms with E-state index in [1.807, 2.05) is 30.3 Å². The van der Waals surface area contributed by atoms with Crippen LogP contribution in [0.15, 0.2) is 48.5 Å². The molecule has 0 spiro atoms. The normalized spacial score (nSPS) is 15.6. The molecular formula is C19H20ClNO3. The molecule has 4 nitrogen and oxygen atoms in total. The molecule has 1 aliphatic heterocycles. The van der Waals surface area contributed by atoms with E-state index in [4.69, 9.17) is 21.1 Å². The van der Waals surface area contributed by atoms with E-state index < -0.39 is 5.60 Å². The molecule has 0 fully saturated rings. The van der Waals surface area contributed by atoms with Gasteiger partial charge < -0.3 is 14.4 Å². The van der Waals surface area contributed by atoms with Gasteiger partial charge in [0, 0.05) is 11.6 Å². The minimum atomic E-state index is -0.888. The zero-order valence-electron chi connectivity index (χ0n) is 13.8. The number of benzene rings is 2. The standard InChI is InChI=1S/C19H20ClNO3/c1-19(2)18(22)21(16-13-14(20)9-10-17(16)24-19)11-6-12-23-15-7-4-3-5-8-15/h3-5,7-10,13H,6,11-12H2,1-2H3. The Hall–Kier alpha value is -2.20. The molecule has 0 N–H and O–H groups in total. The number of nitrogens with zero attached hydrogens (tertiary/aromatic N) is 1. The molecule has 1 heterocycles. The highest BCUT2D eigenvalue weighted by atomic mass is 35.5. The minimum Gasteiger partial charge on any atom is -0.494 e. The Morgan fingerprint density at radius 1 is 1.17 bits per heavy atom. The monoisotopic (exact) mass is 345 g/mol. The zero-order chi connectivity index (χ0) is 17.2. The fourth-order valence-electron chi connectivity index (χ4n) is 2.69. The number of hydrogen-bond acceptors (Lipinski definition) is 3. The Balaban J connectivity index is 1.69. The van der Waals surface area contributed by atoms with Crippen LogP contribution in [0, 0.1) is 0 Å². The molecule has 0 saturated carbocycles. The summed E-state index contributed by atoms with van der Waals surface area (Å²) < 4.78 is 11.5. The fraction of sp³-hybridized carbons (Fsp3) is 0.316. The summed E-state index contributed by atoms with van der Waals surface area (Å²) in [7, 11) is 0. The second-order valence-electron chi connectivity index (χ2n) is 6.20. The maximum atomic E-state index is 12.7. The summed E-state index contributed by atoms with van der Waals surface area (Å²) in [6.07, 6.45) is 0.711. The SMILES string of the molecule is CC1(C)Oc2ccc(Cl)cc2N(CCCOc2ccccc2)C1=O. The van der Waals surface area contributed by atoms with Crippen LogP contribution in [0.4, 0.5) is 5.69 Å². The summed E-state index contributed by atoms with van der Waals surface area (Å²) in [6.45, 7) is 4.64. The molecule has 1 aliphatic rings. The molecule has 2 aromatic carbocycles. The van der Waals surface area contributed by atoms with Crippen molar-refractivity contribution in [3.8, 4) is 11.5 Å². The molecule has 2 aromatic rings. The molecule has 3 rings (SSSR count). The molecule has 5 heteroatoms. The van der Waals surface area contributed by atoms with Gasteiger partial charge in [-0.3, -0.25) is 4.79 Å². The summed E-state index contributed by atoms with van der Waals surface area (Å²) in [5, 5.41) is 0.579. The first-order valence-corrected chi connectivity index (χ1v) is 8.33. The van der Waals surface area contributed by atoms with Gasteiger partial charge in [-0.2, -0.15) is 0 Å². The smallest absolute Gasteiger partial charge is 0.270 e. The molecule has 0 aliphatic carbocycles. The predicted octanol–water partition coefficient (Wildman–Crippen LogP) is 4.31. The number of ether oxygens (including phenoxy) is 2. The first-order valence-electron chi connectivity index (χ1n) is 7.96. The number of fused-ring (bicyclic) bond motifs is 1. The molecule has 126 valence electrons. The van der Waals surface area contributed by atoms with E-state index in [9.17, 15) is 4.79 Å². The van der Waals surface area contributed by atoms with Gasteiger partial charge in [0.15, 0.2) is 5.60 Å². The van der Waals surface area contributed by atoms with Crippen LogP contribution in [0.5, 0.6) is 11.5 Å². The molecule has 0 unspecified atom stereocenters. The summed E-state index contributed by atoms with van der Waals surface area (Å²) in [6, 6.07) is 15.0. The first-order chi connectivity index (χ1) is 11.5. The number of halogens is 1. The highest BCUT2D eigenvalue weighted by Crippen LogP contribution is 2.39. The fourth-order valence-corrected chi connectivity index (χ4v) is 2.86. The van der Waals surface area contributed by atoms with Gasteiger partial charge in [-0.25, -0.2) is 0 Å². The van der Waals surface area contributed by atoms with Gasteiger partial charge in [0.25, 0.3) is 5.91 Å². The Labute approximate surface area is 146 Å². The summed E-state index contributed by atoms with van der Waals surface area (Å²) in [5.74, 6) is 1.43. The van der Waals surface area contributed by atoms with Gasteiger partial charge in [0.1, 0.15) is 11.5 Å². The number of carbonyl (C=O) groups is 1. The number of amides is 1. The third-order valence-corrected chi connectivity index (χ3v) is 4.11. The van der Waals surface area contributed by atoms with E-state index >= 15 is 0 Å². The Bertz CT molecular complexity index is 731. The van der Waals surface area contributed by atoms with Crippen molar-refractivity contribution < 1.29 is 14.3 Å². The van der Waals surface area contributed by atoms with Crippen LogP contribution in [0.25, 0.3) is 0 Å². The summed E-state index contributed by atoms with van der Waals surface area (Å²) >= 11 is 6.08. The van der Waals surface area contributed by atoms with Crippen LogP contribution in [-0.4, -0.2) is 24.7 Å². The van der Waals surface area contributed by atoms with E-state index in [1.165, 1.54) is 0 Å². The van der Waals surface area contributed by atoms with Crippen LogP contribution in [-0.2, 0) is 4.79 Å². The van der Waals surface area contributed by atoms with Crippen molar-refractivity contribution in [2.75, 3.05) is 18.1 Å². The highest BCUT2D eigenvalue weighted by molar-refractivity contribution is 6.31. The molecule has 1 amide bonds. The molecular weight excluding hydrogens is 326 g/mol. The highest BCUT2D eigenvalue weighted by Gasteiger charge is 2.40. The van der Waals surface area contributed by atoms with Crippen molar-refractivity contribution in [1.82, 2.24) is 0 Å². The third-order valence-electron chi connectivity index (χ3n) is 3.88. The lowest BCUT2D eigenvalue weighted by molar-refractivity contribution is -0.132. The van der Waals surface area contributed by atoms with Gasteiger partial charge in [0.2, 0.25) is 0 Å². The van der Waals surface area contributed by atoms with Crippen LogP contribution in [0.3, 0.4) is 0 Å². The lowest BCUT2D eigenvalue weighted by Gasteiger charge is -2.38. The number of para-hydroxylation sites is 1. The van der Waals surface area contributed by atoms with Gasteiger partial charge >= 0.3 is 0 Å². The Kier molecular flexibility index (Phi) is 4.67. The van der Waals surface area contributed by atoms with E-state index in [1.54, 1.807) is 36.9 Å². The van der Waals surface area contributed by atoms with E-state index in [2.05, 4.69) is 0 Å². The first kappa shape index (κ1) is 16.7.